The maximum atomic E-state index is 2.61. The molecule has 1 rings (SSSR count). The lowest BCUT2D eigenvalue weighted by molar-refractivity contribution is -0.704. The molecule has 0 amide bonds. The van der Waals surface area contributed by atoms with Crippen LogP contribution in [-0.4, -0.2) is 4.57 Å². The van der Waals surface area contributed by atoms with Gasteiger partial charge < -0.3 is 0 Å². The first-order valence-electron chi connectivity index (χ1n) is 19.4. The second kappa shape index (κ2) is 30.7. The van der Waals surface area contributed by atoms with Crippen molar-refractivity contribution in [2.24, 2.45) is 0 Å². The van der Waals surface area contributed by atoms with Crippen LogP contribution in [0.4, 0.5) is 0 Å². The zero-order chi connectivity index (χ0) is 29.5. The van der Waals surface area contributed by atoms with Crippen LogP contribution in [-0.2, 0) is 19.5 Å². The Labute approximate surface area is 259 Å². The minimum Gasteiger partial charge on any atom is -0.234 e. The first kappa shape index (κ1) is 38.2. The summed E-state index contributed by atoms with van der Waals surface area (Å²) in [6.07, 6.45) is 49.0. The van der Waals surface area contributed by atoms with Crippen LogP contribution in [0.3, 0.4) is 0 Å². The molecule has 242 valence electrons. The Balaban J connectivity index is 2.08. The molecular weight excluding hydrogens is 496 g/mol. The number of nitrogens with zero attached hydrogens (tertiary/aromatic N) is 2. The monoisotopic (exact) mass is 574 g/mol. The number of unbranched alkanes of at least 4 members (excludes halogenated alkanes) is 27. The van der Waals surface area contributed by atoms with E-state index in [0.717, 1.165) is 0 Å². The largest absolute Gasteiger partial charge is 0.256 e. The van der Waals surface area contributed by atoms with Crippen molar-refractivity contribution in [3.05, 3.63) is 18.2 Å². The summed E-state index contributed by atoms with van der Waals surface area (Å²) in [7, 11) is 0. The number of rotatable bonds is 33. The molecular formula is C39H77N2+. The molecule has 0 aliphatic carbocycles. The fraction of sp³-hybridized carbons (Fsp3) is 0.923. The molecule has 0 saturated heterocycles. The molecule has 2 heteroatoms. The molecule has 0 fully saturated rings. The summed E-state index contributed by atoms with van der Waals surface area (Å²) in [5, 5.41) is 0. The zero-order valence-electron chi connectivity index (χ0n) is 28.9. The van der Waals surface area contributed by atoms with Gasteiger partial charge in [-0.25, -0.2) is 9.13 Å². The lowest BCUT2D eigenvalue weighted by atomic mass is 10.0. The van der Waals surface area contributed by atoms with Gasteiger partial charge in [-0.3, -0.25) is 0 Å². The molecule has 0 aromatic carbocycles. The molecule has 2 nitrogen and oxygen atoms in total. The first-order valence-corrected chi connectivity index (χ1v) is 19.4. The molecule has 0 spiro atoms. The molecule has 0 atom stereocenters. The molecule has 0 aliphatic rings. The Kier molecular flexibility index (Phi) is 28.6. The van der Waals surface area contributed by atoms with Crippen molar-refractivity contribution < 1.29 is 4.57 Å². The van der Waals surface area contributed by atoms with Gasteiger partial charge in [-0.05, 0) is 25.7 Å². The summed E-state index contributed by atoms with van der Waals surface area (Å²) < 4.78 is 5.19. The van der Waals surface area contributed by atoms with E-state index in [1.54, 1.807) is 5.82 Å². The van der Waals surface area contributed by atoms with Crippen LogP contribution in [0.15, 0.2) is 12.4 Å². The minimum absolute atomic E-state index is 1.20. The standard InChI is InChI=1S/C39H77N2/c1-4-7-10-12-14-16-18-20-21-23-25-27-29-31-33-36-41-38-37-40(35-9-6-3)39(41)34-32-30-28-26-24-22-19-17-15-13-11-8-5-2/h37-38H,4-36H2,1-3H3/q+1. The molecule has 1 aromatic heterocycles. The van der Waals surface area contributed by atoms with E-state index >= 15 is 0 Å². The van der Waals surface area contributed by atoms with E-state index in [1.165, 1.54) is 212 Å². The molecule has 1 aromatic rings. The average Bonchev–Trinajstić information content (AvgIpc) is 3.37. The van der Waals surface area contributed by atoms with E-state index in [1.807, 2.05) is 0 Å². The lowest BCUT2D eigenvalue weighted by Gasteiger charge is -2.07. The smallest absolute Gasteiger partial charge is 0.234 e. The Morgan fingerprint density at radius 1 is 0.415 bits per heavy atom. The lowest BCUT2D eigenvalue weighted by Crippen LogP contribution is -2.37. The molecule has 0 unspecified atom stereocenters. The number of imidazole rings is 1. The Morgan fingerprint density at radius 3 is 1.15 bits per heavy atom. The highest BCUT2D eigenvalue weighted by Gasteiger charge is 2.16. The number of hydrogen-bond acceptors (Lipinski definition) is 0. The molecule has 0 bridgehead atoms. The van der Waals surface area contributed by atoms with Gasteiger partial charge in [0.2, 0.25) is 0 Å². The normalized spacial score (nSPS) is 11.6. The van der Waals surface area contributed by atoms with Crippen LogP contribution in [0.25, 0.3) is 0 Å². The van der Waals surface area contributed by atoms with Gasteiger partial charge in [-0.1, -0.05) is 188 Å². The van der Waals surface area contributed by atoms with Crippen molar-refractivity contribution in [1.29, 1.82) is 0 Å². The second-order valence-corrected chi connectivity index (χ2v) is 13.4. The molecule has 41 heavy (non-hydrogen) atoms. The van der Waals surface area contributed by atoms with Gasteiger partial charge >= 0.3 is 0 Å². The van der Waals surface area contributed by atoms with Crippen molar-refractivity contribution in [3.63, 3.8) is 0 Å². The van der Waals surface area contributed by atoms with Gasteiger partial charge in [0.15, 0.2) is 0 Å². The van der Waals surface area contributed by atoms with Crippen LogP contribution >= 0.6 is 0 Å². The second-order valence-electron chi connectivity index (χ2n) is 13.4. The Bertz CT molecular complexity index is 634. The van der Waals surface area contributed by atoms with Crippen LogP contribution in [0.1, 0.15) is 219 Å². The summed E-state index contributed by atoms with van der Waals surface area (Å²) >= 11 is 0. The van der Waals surface area contributed by atoms with E-state index in [0.29, 0.717) is 0 Å². The van der Waals surface area contributed by atoms with E-state index in [9.17, 15) is 0 Å². The van der Waals surface area contributed by atoms with E-state index in [-0.39, 0.29) is 0 Å². The third kappa shape index (κ3) is 23.4. The van der Waals surface area contributed by atoms with E-state index in [4.69, 9.17) is 0 Å². The summed E-state index contributed by atoms with van der Waals surface area (Å²) in [4.78, 5) is 0. The highest BCUT2D eigenvalue weighted by molar-refractivity contribution is 4.84. The highest BCUT2D eigenvalue weighted by atomic mass is 15.1. The third-order valence-corrected chi connectivity index (χ3v) is 9.35. The van der Waals surface area contributed by atoms with Crippen molar-refractivity contribution in [1.82, 2.24) is 4.57 Å². The van der Waals surface area contributed by atoms with Crippen LogP contribution in [0, 0.1) is 0 Å². The summed E-state index contributed by atoms with van der Waals surface area (Å²) in [6.45, 7) is 9.37. The van der Waals surface area contributed by atoms with Gasteiger partial charge in [-0.15, -0.1) is 0 Å². The fourth-order valence-corrected chi connectivity index (χ4v) is 6.48. The fourth-order valence-electron chi connectivity index (χ4n) is 6.48. The number of aromatic nitrogens is 2. The topological polar surface area (TPSA) is 8.81 Å². The summed E-state index contributed by atoms with van der Waals surface area (Å²) in [6, 6.07) is 0. The highest BCUT2D eigenvalue weighted by Crippen LogP contribution is 2.15. The van der Waals surface area contributed by atoms with E-state index in [2.05, 4.69) is 42.3 Å². The predicted octanol–water partition coefficient (Wildman–Crippen LogP) is 13.1. The van der Waals surface area contributed by atoms with Crippen molar-refractivity contribution in [3.8, 4) is 0 Å². The number of aryl methyl sites for hydroxylation is 2. The Morgan fingerprint density at radius 2 is 0.756 bits per heavy atom. The van der Waals surface area contributed by atoms with Gasteiger partial charge in [0.1, 0.15) is 12.4 Å². The van der Waals surface area contributed by atoms with Crippen molar-refractivity contribution in [2.45, 2.75) is 233 Å². The van der Waals surface area contributed by atoms with Crippen LogP contribution in [0.5, 0.6) is 0 Å². The van der Waals surface area contributed by atoms with Crippen LogP contribution < -0.4 is 4.57 Å². The SMILES string of the molecule is CCCCCCCCCCCCCCCCC[n+]1ccn(CCCC)c1CCCCCCCCCCCCCCC. The van der Waals surface area contributed by atoms with Gasteiger partial charge in [0.05, 0.1) is 13.1 Å². The average molecular weight is 574 g/mol. The maximum Gasteiger partial charge on any atom is 0.256 e. The van der Waals surface area contributed by atoms with Crippen molar-refractivity contribution >= 4 is 0 Å². The minimum atomic E-state index is 1.20. The third-order valence-electron chi connectivity index (χ3n) is 9.35. The predicted molar refractivity (Wildman–Crippen MR) is 184 cm³/mol. The maximum absolute atomic E-state index is 2.61. The van der Waals surface area contributed by atoms with Crippen LogP contribution in [0.2, 0.25) is 0 Å². The van der Waals surface area contributed by atoms with Gasteiger partial charge in [-0.2, -0.15) is 0 Å². The quantitative estimate of drug-likeness (QED) is 0.0584. The molecule has 1 heterocycles. The molecule has 0 saturated carbocycles. The van der Waals surface area contributed by atoms with Crippen molar-refractivity contribution in [2.75, 3.05) is 0 Å². The van der Waals surface area contributed by atoms with Gasteiger partial charge in [0.25, 0.3) is 5.82 Å². The van der Waals surface area contributed by atoms with Gasteiger partial charge in [0, 0.05) is 6.42 Å². The number of hydrogen-bond donors (Lipinski definition) is 0. The molecule has 0 N–H and O–H groups in total. The summed E-state index contributed by atoms with van der Waals surface area (Å²) in [5.41, 5.74) is 0. The Hall–Kier alpha value is -0.790. The molecule has 0 radical (unpaired) electrons. The summed E-state index contributed by atoms with van der Waals surface area (Å²) in [5.74, 6) is 1.60. The first-order chi connectivity index (χ1) is 20.3. The van der Waals surface area contributed by atoms with E-state index < -0.39 is 0 Å². The molecule has 0 aliphatic heterocycles. The zero-order valence-corrected chi connectivity index (χ0v) is 28.9.